The van der Waals surface area contributed by atoms with Crippen LogP contribution in [0.4, 0.5) is 0 Å². The lowest BCUT2D eigenvalue weighted by molar-refractivity contribution is 0.0240. The summed E-state index contributed by atoms with van der Waals surface area (Å²) in [6.45, 7) is 3.06. The molecule has 1 aliphatic rings. The maximum absolute atomic E-state index is 10.7. The summed E-state index contributed by atoms with van der Waals surface area (Å²) in [4.78, 5) is 8.98. The largest absolute Gasteiger partial charge is 0.387 e. The second-order valence-electron chi connectivity index (χ2n) is 7.58. The van der Waals surface area contributed by atoms with Crippen molar-refractivity contribution in [3.05, 3.63) is 54.5 Å². The Bertz CT molecular complexity index is 892. The first-order valence-electron chi connectivity index (χ1n) is 9.00. The van der Waals surface area contributed by atoms with Gasteiger partial charge in [-0.1, -0.05) is 30.3 Å². The monoisotopic (exact) mass is 351 g/mol. The summed E-state index contributed by atoms with van der Waals surface area (Å²) in [6.07, 6.45) is 6.64. The molecular formula is C20H25N5O. The SMILES string of the molecule is CN(C)C[C@]1(O)CCN(Cc2cnc3c(-c4ccccc4)cnn3c2)C1. The fraction of sp³-hybridized carbons (Fsp3) is 0.400. The van der Waals surface area contributed by atoms with Crippen molar-refractivity contribution < 1.29 is 5.11 Å². The molecule has 1 aliphatic heterocycles. The molecule has 1 aromatic carbocycles. The van der Waals surface area contributed by atoms with Gasteiger partial charge < -0.3 is 10.0 Å². The first kappa shape index (κ1) is 17.1. The molecule has 0 aliphatic carbocycles. The average molecular weight is 351 g/mol. The molecule has 26 heavy (non-hydrogen) atoms. The molecule has 1 atom stereocenters. The lowest BCUT2D eigenvalue weighted by atomic mass is 10.0. The van der Waals surface area contributed by atoms with E-state index < -0.39 is 5.60 Å². The zero-order valence-corrected chi connectivity index (χ0v) is 15.3. The molecule has 1 saturated heterocycles. The average Bonchev–Trinajstić information content (AvgIpc) is 3.18. The van der Waals surface area contributed by atoms with Crippen molar-refractivity contribution in [1.29, 1.82) is 0 Å². The third kappa shape index (κ3) is 3.49. The third-order valence-electron chi connectivity index (χ3n) is 4.92. The Hall–Kier alpha value is -2.28. The Morgan fingerprint density at radius 3 is 2.77 bits per heavy atom. The summed E-state index contributed by atoms with van der Waals surface area (Å²) in [7, 11) is 4.00. The highest BCUT2D eigenvalue weighted by Crippen LogP contribution is 2.25. The number of likely N-dealkylation sites (tertiary alicyclic amines) is 1. The van der Waals surface area contributed by atoms with Crippen LogP contribution in [0.3, 0.4) is 0 Å². The van der Waals surface area contributed by atoms with Gasteiger partial charge in [0.15, 0.2) is 5.65 Å². The minimum Gasteiger partial charge on any atom is -0.387 e. The Morgan fingerprint density at radius 1 is 1.19 bits per heavy atom. The topological polar surface area (TPSA) is 56.9 Å². The number of nitrogens with zero attached hydrogens (tertiary/aromatic N) is 5. The van der Waals surface area contributed by atoms with Gasteiger partial charge in [-0.05, 0) is 26.1 Å². The molecule has 136 valence electrons. The van der Waals surface area contributed by atoms with E-state index in [1.807, 2.05) is 60.3 Å². The molecule has 0 radical (unpaired) electrons. The summed E-state index contributed by atoms with van der Waals surface area (Å²) in [5.74, 6) is 0. The number of hydrogen-bond donors (Lipinski definition) is 1. The number of hydrogen-bond acceptors (Lipinski definition) is 5. The summed E-state index contributed by atoms with van der Waals surface area (Å²) in [5.41, 5.74) is 3.52. The molecule has 1 fully saturated rings. The molecule has 4 rings (SSSR count). The van der Waals surface area contributed by atoms with E-state index in [2.05, 4.69) is 27.1 Å². The zero-order chi connectivity index (χ0) is 18.1. The molecule has 0 bridgehead atoms. The number of fused-ring (bicyclic) bond motifs is 1. The molecule has 6 nitrogen and oxygen atoms in total. The van der Waals surface area contributed by atoms with Crippen molar-refractivity contribution in [2.24, 2.45) is 0 Å². The Labute approximate surface area is 153 Å². The van der Waals surface area contributed by atoms with Gasteiger partial charge in [0.1, 0.15) is 0 Å². The van der Waals surface area contributed by atoms with E-state index in [1.54, 1.807) is 0 Å². The molecule has 6 heteroatoms. The van der Waals surface area contributed by atoms with Crippen LogP contribution >= 0.6 is 0 Å². The van der Waals surface area contributed by atoms with Crippen LogP contribution in [-0.4, -0.2) is 68.8 Å². The molecule has 0 unspecified atom stereocenters. The van der Waals surface area contributed by atoms with Crippen LogP contribution in [0.25, 0.3) is 16.8 Å². The predicted octanol–water partition coefficient (Wildman–Crippen LogP) is 1.89. The second-order valence-corrected chi connectivity index (χ2v) is 7.58. The molecular weight excluding hydrogens is 326 g/mol. The van der Waals surface area contributed by atoms with Crippen LogP contribution in [0.2, 0.25) is 0 Å². The maximum Gasteiger partial charge on any atom is 0.162 e. The van der Waals surface area contributed by atoms with Crippen LogP contribution in [-0.2, 0) is 6.54 Å². The fourth-order valence-electron chi connectivity index (χ4n) is 3.87. The van der Waals surface area contributed by atoms with Crippen LogP contribution in [0.5, 0.6) is 0 Å². The van der Waals surface area contributed by atoms with Crippen molar-refractivity contribution in [3.63, 3.8) is 0 Å². The van der Waals surface area contributed by atoms with Gasteiger partial charge in [-0.2, -0.15) is 5.10 Å². The number of benzene rings is 1. The molecule has 0 saturated carbocycles. The van der Waals surface area contributed by atoms with E-state index in [4.69, 9.17) is 0 Å². The van der Waals surface area contributed by atoms with Crippen LogP contribution in [0.15, 0.2) is 48.9 Å². The smallest absolute Gasteiger partial charge is 0.162 e. The number of β-amino-alcohol motifs (C(OH)–C–C–N with tert-alkyl or cyclic N) is 1. The minimum absolute atomic E-state index is 0.618. The molecule has 2 aromatic heterocycles. The fourth-order valence-corrected chi connectivity index (χ4v) is 3.87. The van der Waals surface area contributed by atoms with Crippen molar-refractivity contribution in [2.45, 2.75) is 18.6 Å². The summed E-state index contributed by atoms with van der Waals surface area (Å²) >= 11 is 0. The summed E-state index contributed by atoms with van der Waals surface area (Å²) in [5, 5.41) is 15.2. The number of aliphatic hydroxyl groups is 1. The molecule has 1 N–H and O–H groups in total. The van der Waals surface area contributed by atoms with E-state index in [1.165, 1.54) is 0 Å². The van der Waals surface area contributed by atoms with Crippen LogP contribution in [0, 0.1) is 0 Å². The third-order valence-corrected chi connectivity index (χ3v) is 4.92. The quantitative estimate of drug-likeness (QED) is 0.761. The van der Waals surface area contributed by atoms with Gasteiger partial charge in [-0.15, -0.1) is 0 Å². The van der Waals surface area contributed by atoms with Gasteiger partial charge in [0, 0.05) is 49.7 Å². The zero-order valence-electron chi connectivity index (χ0n) is 15.3. The first-order chi connectivity index (χ1) is 12.5. The van der Waals surface area contributed by atoms with Crippen molar-refractivity contribution in [3.8, 4) is 11.1 Å². The van der Waals surface area contributed by atoms with Gasteiger partial charge in [0.25, 0.3) is 0 Å². The van der Waals surface area contributed by atoms with Crippen molar-refractivity contribution >= 4 is 5.65 Å². The highest BCUT2D eigenvalue weighted by Gasteiger charge is 2.36. The van der Waals surface area contributed by atoms with Crippen LogP contribution < -0.4 is 0 Å². The maximum atomic E-state index is 10.7. The Kier molecular flexibility index (Phi) is 4.48. The number of likely N-dealkylation sites (N-methyl/N-ethyl adjacent to an activating group) is 1. The van der Waals surface area contributed by atoms with Gasteiger partial charge >= 0.3 is 0 Å². The Morgan fingerprint density at radius 2 is 2.00 bits per heavy atom. The minimum atomic E-state index is -0.618. The van der Waals surface area contributed by atoms with Crippen LogP contribution in [0.1, 0.15) is 12.0 Å². The van der Waals surface area contributed by atoms with E-state index >= 15 is 0 Å². The summed E-state index contributed by atoms with van der Waals surface area (Å²) < 4.78 is 1.85. The Balaban J connectivity index is 1.51. The normalized spacial score (nSPS) is 21.1. The van der Waals surface area contributed by atoms with Gasteiger partial charge in [0.2, 0.25) is 0 Å². The first-order valence-corrected chi connectivity index (χ1v) is 9.00. The lowest BCUT2D eigenvalue weighted by Gasteiger charge is -2.26. The molecule has 3 aromatic rings. The van der Waals surface area contributed by atoms with Gasteiger partial charge in [0.05, 0.1) is 11.8 Å². The highest BCUT2D eigenvalue weighted by atomic mass is 16.3. The standard InChI is InChI=1S/C20H25N5O/c1-23(2)14-20(26)8-9-24(15-20)12-16-10-21-19-18(11-22-25(19)13-16)17-6-4-3-5-7-17/h3-7,10-11,13,26H,8-9,12,14-15H2,1-2H3/t20-/m1/s1. The molecule has 0 spiro atoms. The lowest BCUT2D eigenvalue weighted by Crippen LogP contribution is -2.42. The van der Waals surface area contributed by atoms with E-state index in [0.717, 1.165) is 41.8 Å². The summed E-state index contributed by atoms with van der Waals surface area (Å²) in [6, 6.07) is 10.2. The molecule has 3 heterocycles. The van der Waals surface area contributed by atoms with Gasteiger partial charge in [-0.3, -0.25) is 4.90 Å². The van der Waals surface area contributed by atoms with E-state index in [9.17, 15) is 5.11 Å². The van der Waals surface area contributed by atoms with E-state index in [-0.39, 0.29) is 0 Å². The van der Waals surface area contributed by atoms with E-state index in [0.29, 0.717) is 13.1 Å². The second kappa shape index (κ2) is 6.79. The number of rotatable bonds is 5. The number of aromatic nitrogens is 3. The highest BCUT2D eigenvalue weighted by molar-refractivity contribution is 5.76. The van der Waals surface area contributed by atoms with Gasteiger partial charge in [-0.25, -0.2) is 9.50 Å². The molecule has 0 amide bonds. The van der Waals surface area contributed by atoms with Crippen molar-refractivity contribution in [2.75, 3.05) is 33.7 Å². The predicted molar refractivity (Wildman–Crippen MR) is 102 cm³/mol. The van der Waals surface area contributed by atoms with Crippen molar-refractivity contribution in [1.82, 2.24) is 24.4 Å².